The van der Waals surface area contributed by atoms with E-state index >= 15 is 0 Å². The van der Waals surface area contributed by atoms with Crippen LogP contribution in [0.25, 0.3) is 12.2 Å². The van der Waals surface area contributed by atoms with Gasteiger partial charge in [0.1, 0.15) is 5.75 Å². The van der Waals surface area contributed by atoms with Crippen LogP contribution in [-0.2, 0) is 3.79 Å². The lowest BCUT2D eigenvalue weighted by Crippen LogP contribution is -2.12. The number of methoxy groups -OCH3 is 1. The minimum absolute atomic E-state index is 0.0222. The van der Waals surface area contributed by atoms with E-state index in [4.69, 9.17) is 45.3 Å². The summed E-state index contributed by atoms with van der Waals surface area (Å²) < 4.78 is 3.48. The minimum atomic E-state index is -1.76. The molecule has 0 bridgehead atoms. The van der Waals surface area contributed by atoms with Gasteiger partial charge in [-0.05, 0) is 18.2 Å². The Kier molecular flexibility index (Phi) is 4.88. The number of aromatic nitrogens is 3. The Morgan fingerprint density at radius 2 is 1.81 bits per heavy atom. The minimum Gasteiger partial charge on any atom is -0.496 e. The van der Waals surface area contributed by atoms with Crippen LogP contribution < -0.4 is 10.5 Å². The predicted molar refractivity (Wildman–Crippen MR) is 85.4 cm³/mol. The lowest BCUT2D eigenvalue weighted by atomic mass is 10.2. The molecule has 0 spiro atoms. The van der Waals surface area contributed by atoms with Gasteiger partial charge in [-0.15, -0.1) is 0 Å². The van der Waals surface area contributed by atoms with Crippen molar-refractivity contribution < 1.29 is 4.74 Å². The van der Waals surface area contributed by atoms with E-state index in [1.54, 1.807) is 19.3 Å². The molecule has 1 aromatic carbocycles. The van der Waals surface area contributed by atoms with Crippen LogP contribution in [0.4, 0.5) is 5.95 Å². The molecule has 0 amide bonds. The zero-order valence-corrected chi connectivity index (χ0v) is 13.2. The number of ether oxygens (including phenoxy) is 1. The summed E-state index contributed by atoms with van der Waals surface area (Å²) in [5, 5.41) is 0. The zero-order valence-electron chi connectivity index (χ0n) is 10.9. The van der Waals surface area contributed by atoms with Gasteiger partial charge in [-0.1, -0.05) is 53.0 Å². The highest BCUT2D eigenvalue weighted by atomic mass is 35.6. The molecule has 110 valence electrons. The maximum Gasteiger partial charge on any atom is 0.250 e. The van der Waals surface area contributed by atoms with E-state index in [9.17, 15) is 0 Å². The summed E-state index contributed by atoms with van der Waals surface area (Å²) in [6.45, 7) is 0. The lowest BCUT2D eigenvalue weighted by Gasteiger charge is -2.09. The van der Waals surface area contributed by atoms with Crippen LogP contribution in [0.15, 0.2) is 24.3 Å². The van der Waals surface area contributed by atoms with Crippen molar-refractivity contribution in [2.24, 2.45) is 0 Å². The fraction of sp³-hybridized carbons (Fsp3) is 0.154. The number of anilines is 1. The van der Waals surface area contributed by atoms with Crippen LogP contribution in [0.5, 0.6) is 5.75 Å². The number of nitrogens with zero attached hydrogens (tertiary/aromatic N) is 3. The van der Waals surface area contributed by atoms with Gasteiger partial charge in [-0.2, -0.15) is 9.97 Å². The summed E-state index contributed by atoms with van der Waals surface area (Å²) in [5.74, 6) is 0.956. The molecule has 0 aliphatic heterocycles. The number of nitrogens with two attached hydrogens (primary N) is 1. The van der Waals surface area contributed by atoms with Crippen LogP contribution in [0.1, 0.15) is 17.2 Å². The van der Waals surface area contributed by atoms with Crippen molar-refractivity contribution in [2.45, 2.75) is 3.79 Å². The summed E-state index contributed by atoms with van der Waals surface area (Å²) in [5.41, 5.74) is 6.44. The smallest absolute Gasteiger partial charge is 0.250 e. The standard InChI is InChI=1S/C13H11Cl3N4O/c1-21-9-5-3-2-4-8(9)6-7-10-18-11(13(14,15)16)20-12(17)19-10/h2-7H,1H3,(H2,17,18,19,20). The number of hydrogen-bond donors (Lipinski definition) is 1. The average Bonchev–Trinajstić information content (AvgIpc) is 2.44. The van der Waals surface area contributed by atoms with Gasteiger partial charge in [0.05, 0.1) is 7.11 Å². The van der Waals surface area contributed by atoms with Crippen molar-refractivity contribution in [2.75, 3.05) is 12.8 Å². The zero-order chi connectivity index (χ0) is 15.5. The van der Waals surface area contributed by atoms with Crippen LogP contribution in [0.2, 0.25) is 0 Å². The molecule has 0 radical (unpaired) electrons. The number of rotatable bonds is 3. The molecule has 21 heavy (non-hydrogen) atoms. The monoisotopic (exact) mass is 344 g/mol. The maximum atomic E-state index is 5.75. The van der Waals surface area contributed by atoms with Crippen LogP contribution >= 0.6 is 34.8 Å². The molecule has 0 aliphatic rings. The Morgan fingerprint density at radius 3 is 2.48 bits per heavy atom. The van der Waals surface area contributed by atoms with Gasteiger partial charge in [-0.3, -0.25) is 0 Å². The molecule has 0 aliphatic carbocycles. The first kappa shape index (κ1) is 15.8. The summed E-state index contributed by atoms with van der Waals surface area (Å²) in [7, 11) is 1.59. The highest BCUT2D eigenvalue weighted by Crippen LogP contribution is 2.35. The summed E-state index contributed by atoms with van der Waals surface area (Å²) in [6.07, 6.45) is 3.41. The second kappa shape index (κ2) is 6.47. The van der Waals surface area contributed by atoms with Crippen LogP contribution in [0, 0.1) is 0 Å². The van der Waals surface area contributed by atoms with Crippen LogP contribution in [-0.4, -0.2) is 22.1 Å². The van der Waals surface area contributed by atoms with Gasteiger partial charge >= 0.3 is 0 Å². The normalized spacial score (nSPS) is 11.8. The fourth-order valence-corrected chi connectivity index (χ4v) is 1.83. The van der Waals surface area contributed by atoms with E-state index in [0.29, 0.717) is 0 Å². The molecule has 0 atom stereocenters. The van der Waals surface area contributed by atoms with E-state index in [2.05, 4.69) is 15.0 Å². The summed E-state index contributed by atoms with van der Waals surface area (Å²) >= 11 is 17.2. The lowest BCUT2D eigenvalue weighted by molar-refractivity contribution is 0.414. The van der Waals surface area contributed by atoms with Gasteiger partial charge < -0.3 is 10.5 Å². The van der Waals surface area contributed by atoms with Crippen molar-refractivity contribution in [3.05, 3.63) is 41.5 Å². The number of nitrogen functional groups attached to an aromatic ring is 1. The highest BCUT2D eigenvalue weighted by molar-refractivity contribution is 6.66. The van der Waals surface area contributed by atoms with Crippen LogP contribution in [0.3, 0.4) is 0 Å². The first-order chi connectivity index (χ1) is 9.90. The molecular weight excluding hydrogens is 335 g/mol. The Balaban J connectivity index is 2.35. The van der Waals surface area contributed by atoms with Crippen molar-refractivity contribution in [3.63, 3.8) is 0 Å². The molecule has 2 rings (SSSR count). The topological polar surface area (TPSA) is 73.9 Å². The van der Waals surface area contributed by atoms with Gasteiger partial charge in [0, 0.05) is 5.56 Å². The maximum absolute atomic E-state index is 5.75. The molecule has 0 unspecified atom stereocenters. The molecule has 1 aromatic heterocycles. The van der Waals surface area contributed by atoms with E-state index in [-0.39, 0.29) is 17.6 Å². The average molecular weight is 346 g/mol. The molecule has 2 aromatic rings. The Labute approximate surface area is 136 Å². The Hall–Kier alpha value is -1.56. The molecule has 5 nitrogen and oxygen atoms in total. The Bertz CT molecular complexity index is 671. The second-order valence-corrected chi connectivity index (χ2v) is 6.23. The first-order valence-electron chi connectivity index (χ1n) is 5.80. The predicted octanol–water partition coefficient (Wildman–Crippen LogP) is 3.46. The third-order valence-corrected chi connectivity index (χ3v) is 2.98. The molecular formula is C13H11Cl3N4O. The molecule has 0 saturated carbocycles. The van der Waals surface area contributed by atoms with Crippen molar-refractivity contribution in [1.82, 2.24) is 15.0 Å². The van der Waals surface area contributed by atoms with Gasteiger partial charge in [-0.25, -0.2) is 4.98 Å². The SMILES string of the molecule is COc1ccccc1C=Cc1nc(N)nc(C(Cl)(Cl)Cl)n1. The van der Waals surface area contributed by atoms with E-state index < -0.39 is 3.79 Å². The van der Waals surface area contributed by atoms with E-state index in [1.807, 2.05) is 24.3 Å². The first-order valence-corrected chi connectivity index (χ1v) is 6.93. The summed E-state index contributed by atoms with van der Waals surface area (Å²) in [4.78, 5) is 11.8. The van der Waals surface area contributed by atoms with Gasteiger partial charge in [0.15, 0.2) is 11.6 Å². The largest absolute Gasteiger partial charge is 0.496 e. The third kappa shape index (κ3) is 4.20. The molecule has 0 fully saturated rings. The van der Waals surface area contributed by atoms with E-state index in [0.717, 1.165) is 11.3 Å². The molecule has 1 heterocycles. The Morgan fingerprint density at radius 1 is 1.10 bits per heavy atom. The van der Waals surface area contributed by atoms with Gasteiger partial charge in [0.2, 0.25) is 9.74 Å². The third-order valence-electron chi connectivity index (χ3n) is 2.47. The second-order valence-electron chi connectivity index (χ2n) is 3.95. The number of benzene rings is 1. The van der Waals surface area contributed by atoms with Crippen molar-refractivity contribution in [1.29, 1.82) is 0 Å². The molecule has 0 saturated heterocycles. The van der Waals surface area contributed by atoms with Crippen molar-refractivity contribution >= 4 is 52.9 Å². The van der Waals surface area contributed by atoms with Gasteiger partial charge in [0.25, 0.3) is 0 Å². The quantitative estimate of drug-likeness (QED) is 0.862. The molecule has 2 N–H and O–H groups in total. The number of halogens is 3. The number of para-hydroxylation sites is 1. The fourth-order valence-electron chi connectivity index (χ4n) is 1.58. The highest BCUT2D eigenvalue weighted by Gasteiger charge is 2.27. The molecule has 8 heteroatoms. The number of hydrogen-bond acceptors (Lipinski definition) is 5. The van der Waals surface area contributed by atoms with E-state index in [1.165, 1.54) is 0 Å². The van der Waals surface area contributed by atoms with Crippen molar-refractivity contribution in [3.8, 4) is 5.75 Å². The number of alkyl halides is 3. The summed E-state index contributed by atoms with van der Waals surface area (Å²) in [6, 6.07) is 7.48.